The van der Waals surface area contributed by atoms with Gasteiger partial charge in [-0.2, -0.15) is 0 Å². The zero-order valence-corrected chi connectivity index (χ0v) is 44.5. The van der Waals surface area contributed by atoms with Crippen molar-refractivity contribution in [1.29, 1.82) is 0 Å². The quantitative estimate of drug-likeness (QED) is 0.1000. The molecule has 2 N–H and O–H groups in total. The lowest BCUT2D eigenvalue weighted by Crippen LogP contribution is -2.61. The van der Waals surface area contributed by atoms with Crippen molar-refractivity contribution in [3.05, 3.63) is 134 Å². The molecule has 8 heterocycles. The Bertz CT molecular complexity index is 4200. The Labute approximate surface area is 464 Å². The summed E-state index contributed by atoms with van der Waals surface area (Å²) in [5.41, 5.74) is 3.55. The average Bonchev–Trinajstić information content (AvgIpc) is 4.21. The minimum absolute atomic E-state index is 0.128. The number of aryl methyl sites for hydroxylation is 1. The van der Waals surface area contributed by atoms with E-state index in [1.165, 1.54) is 31.0 Å². The molecule has 0 unspecified atom stereocenters. The Morgan fingerprint density at radius 1 is 0.671 bits per heavy atom. The van der Waals surface area contributed by atoms with Crippen molar-refractivity contribution in [3.8, 4) is 23.0 Å². The highest BCUT2D eigenvalue weighted by molar-refractivity contribution is 5.90. The van der Waals surface area contributed by atoms with Gasteiger partial charge in [-0.25, -0.2) is 62.4 Å². The van der Waals surface area contributed by atoms with E-state index in [2.05, 4.69) is 72.7 Å². The lowest BCUT2D eigenvalue weighted by atomic mass is 9.98. The molecule has 2 aliphatic heterocycles. The standard InChI is InChI=1S/C55H49F3N20O4/c1-6-46(79)74-16-18-75(19-17-74)53-59-26-40-50(67-53)52(64-30-62-40)66-37-24-35(57)45(25-34(37)56)82-33-10-13-43-39(23-33)70-72-78(43)15-7-8-47(80)77-21-20-76(28-55(77,3)4)54-60-27-41-49(68-54)51(63-29-61-41)65-36-11-14-44(31(2)48(36)58)81-32-9-12-42-38(22-32)69-71-73(42)5/h6-14,22-27,29-30H,1,15-21,28H2,2-5H3,(H,61,63,65)(H,62,64,66)/b8-7+. The summed E-state index contributed by atoms with van der Waals surface area (Å²) in [6, 6.07) is 15.3. The third-order valence-electron chi connectivity index (χ3n) is 14.2. The second-order valence-electron chi connectivity index (χ2n) is 19.9. The zero-order chi connectivity index (χ0) is 56.8. The summed E-state index contributed by atoms with van der Waals surface area (Å²) in [7, 11) is 1.80. The molecule has 4 aromatic carbocycles. The van der Waals surface area contributed by atoms with Gasteiger partial charge in [-0.15, -0.1) is 10.2 Å². The van der Waals surface area contributed by atoms with Crippen LogP contribution in [0.2, 0.25) is 0 Å². The Morgan fingerprint density at radius 3 is 1.98 bits per heavy atom. The third-order valence-corrected chi connectivity index (χ3v) is 14.2. The second-order valence-corrected chi connectivity index (χ2v) is 19.9. The number of ether oxygens (including phenoxy) is 2. The molecule has 82 heavy (non-hydrogen) atoms. The van der Waals surface area contributed by atoms with Gasteiger partial charge >= 0.3 is 0 Å². The summed E-state index contributed by atoms with van der Waals surface area (Å²) in [6.07, 6.45) is 10.2. The Balaban J connectivity index is 0.664. The molecule has 2 aliphatic rings. The van der Waals surface area contributed by atoms with E-state index in [9.17, 15) is 9.59 Å². The molecule has 0 radical (unpaired) electrons. The predicted molar refractivity (Wildman–Crippen MR) is 297 cm³/mol. The number of allylic oxidation sites excluding steroid dienone is 1. The molecule has 12 rings (SSSR count). The highest BCUT2D eigenvalue weighted by Gasteiger charge is 2.37. The minimum Gasteiger partial charge on any atom is -0.457 e. The average molecular weight is 1110 g/mol. The van der Waals surface area contributed by atoms with Gasteiger partial charge in [-0.05, 0) is 63.2 Å². The first kappa shape index (κ1) is 52.2. The Kier molecular flexibility index (Phi) is 13.6. The van der Waals surface area contributed by atoms with E-state index in [-0.39, 0.29) is 63.9 Å². The van der Waals surface area contributed by atoms with Gasteiger partial charge in [-0.3, -0.25) is 9.59 Å². The third kappa shape index (κ3) is 10.2. The van der Waals surface area contributed by atoms with Crippen LogP contribution in [-0.2, 0) is 23.2 Å². The summed E-state index contributed by atoms with van der Waals surface area (Å²) in [5.74, 6) is -0.793. The number of carbonyl (C=O) groups excluding carboxylic acids is 2. The topological polar surface area (TPSA) is 254 Å². The first-order chi connectivity index (χ1) is 39.7. The van der Waals surface area contributed by atoms with Crippen LogP contribution in [-0.4, -0.2) is 143 Å². The van der Waals surface area contributed by atoms with Crippen LogP contribution in [0.15, 0.2) is 111 Å². The number of anilines is 6. The van der Waals surface area contributed by atoms with Gasteiger partial charge in [0.05, 0.1) is 46.9 Å². The van der Waals surface area contributed by atoms with E-state index in [1.54, 1.807) is 87.9 Å². The van der Waals surface area contributed by atoms with Gasteiger partial charge in [0, 0.05) is 88.8 Å². The van der Waals surface area contributed by atoms with Crippen molar-refractivity contribution in [2.24, 2.45) is 7.05 Å². The van der Waals surface area contributed by atoms with Crippen molar-refractivity contribution in [1.82, 2.24) is 79.7 Å². The highest BCUT2D eigenvalue weighted by atomic mass is 19.1. The number of nitrogens with zero attached hydrogens (tertiary/aromatic N) is 18. The molecule has 0 spiro atoms. The SMILES string of the molecule is C=CC(=O)N1CCN(c2ncc3ncnc(Nc4cc(F)c(Oc5ccc6c(c5)nnn6C/C=C/C(=O)N5CCN(c6ncc7ncnc(Nc8ccc(Oc9ccc%10c(c9)nnn%10C)c(C)c8F)c7n6)CC5(C)C)cc4F)c3n2)CC1. The maximum atomic E-state index is 16.0. The summed E-state index contributed by atoms with van der Waals surface area (Å²) in [4.78, 5) is 68.9. The molecule has 2 saturated heterocycles. The molecule has 24 nitrogen and oxygen atoms in total. The minimum atomic E-state index is -0.859. The van der Waals surface area contributed by atoms with Crippen molar-refractivity contribution in [2.75, 3.05) is 66.2 Å². The maximum Gasteiger partial charge on any atom is 0.246 e. The van der Waals surface area contributed by atoms with Crippen LogP contribution < -0.4 is 29.9 Å². The largest absolute Gasteiger partial charge is 0.457 e. The van der Waals surface area contributed by atoms with E-state index < -0.39 is 23.0 Å². The lowest BCUT2D eigenvalue weighted by molar-refractivity contribution is -0.131. The van der Waals surface area contributed by atoms with Crippen LogP contribution >= 0.6 is 0 Å². The van der Waals surface area contributed by atoms with E-state index in [0.717, 1.165) is 17.6 Å². The summed E-state index contributed by atoms with van der Waals surface area (Å²) >= 11 is 0. The van der Waals surface area contributed by atoms with Crippen molar-refractivity contribution >= 4 is 90.9 Å². The van der Waals surface area contributed by atoms with Crippen LogP contribution in [0.25, 0.3) is 44.1 Å². The number of nitrogens with one attached hydrogen (secondary N) is 2. The maximum absolute atomic E-state index is 16.0. The molecule has 0 bridgehead atoms. The van der Waals surface area contributed by atoms with Crippen molar-refractivity contribution in [2.45, 2.75) is 32.9 Å². The Hall–Kier alpha value is -10.5. The smallest absolute Gasteiger partial charge is 0.246 e. The molecule has 2 amide bonds. The number of piperazine rings is 2. The van der Waals surface area contributed by atoms with Gasteiger partial charge in [0.1, 0.15) is 63.0 Å². The Morgan fingerprint density at radius 2 is 1.29 bits per heavy atom. The van der Waals surface area contributed by atoms with Crippen LogP contribution in [0, 0.1) is 24.4 Å². The molecule has 10 aromatic rings. The number of benzene rings is 4. The molecule has 0 aliphatic carbocycles. The van der Waals surface area contributed by atoms with Crippen LogP contribution in [0.3, 0.4) is 0 Å². The molecule has 6 aromatic heterocycles. The molecular weight excluding hydrogens is 1060 g/mol. The van der Waals surface area contributed by atoms with Gasteiger partial charge in [0.15, 0.2) is 34.8 Å². The van der Waals surface area contributed by atoms with E-state index in [1.807, 2.05) is 29.7 Å². The number of hydrogen-bond donors (Lipinski definition) is 2. The fraction of sp³-hybridized carbons (Fsp3) is 0.236. The van der Waals surface area contributed by atoms with Gasteiger partial charge in [0.2, 0.25) is 23.7 Å². The number of amides is 2. The van der Waals surface area contributed by atoms with Gasteiger partial charge in [-0.1, -0.05) is 23.1 Å². The zero-order valence-electron chi connectivity index (χ0n) is 44.5. The van der Waals surface area contributed by atoms with Crippen molar-refractivity contribution in [3.63, 3.8) is 0 Å². The van der Waals surface area contributed by atoms with Crippen LogP contribution in [0.5, 0.6) is 23.0 Å². The number of carbonyl (C=O) groups is 2. The summed E-state index contributed by atoms with van der Waals surface area (Å²) < 4.78 is 62.4. The lowest BCUT2D eigenvalue weighted by Gasteiger charge is -2.46. The first-order valence-electron chi connectivity index (χ1n) is 25.8. The molecule has 27 heteroatoms. The van der Waals surface area contributed by atoms with E-state index in [0.29, 0.717) is 102 Å². The van der Waals surface area contributed by atoms with E-state index >= 15 is 13.2 Å². The molecule has 2 fully saturated rings. The van der Waals surface area contributed by atoms with Crippen LogP contribution in [0.1, 0.15) is 19.4 Å². The van der Waals surface area contributed by atoms with Crippen LogP contribution in [0.4, 0.5) is 48.1 Å². The first-order valence-corrected chi connectivity index (χ1v) is 25.8. The molecule has 0 saturated carbocycles. The fourth-order valence-corrected chi connectivity index (χ4v) is 9.83. The number of hydrogen-bond acceptors (Lipinski definition) is 20. The number of rotatable bonds is 14. The van der Waals surface area contributed by atoms with Gasteiger partial charge in [0.25, 0.3) is 0 Å². The number of halogens is 3. The number of aromatic nitrogens is 14. The molecule has 0 atom stereocenters. The predicted octanol–water partition coefficient (Wildman–Crippen LogP) is 7.50. The fourth-order valence-electron chi connectivity index (χ4n) is 9.83. The highest BCUT2D eigenvalue weighted by Crippen LogP contribution is 2.36. The monoisotopic (exact) mass is 1110 g/mol. The number of fused-ring (bicyclic) bond motifs is 4. The molecular formula is C55H49F3N20O4. The molecule has 414 valence electrons. The second kappa shape index (κ2) is 21.3. The summed E-state index contributed by atoms with van der Waals surface area (Å²) in [6.45, 7) is 12.3. The van der Waals surface area contributed by atoms with Crippen molar-refractivity contribution < 1.29 is 32.2 Å². The summed E-state index contributed by atoms with van der Waals surface area (Å²) in [5, 5.41) is 22.6. The normalized spacial score (nSPS) is 14.6. The van der Waals surface area contributed by atoms with Gasteiger partial charge < -0.3 is 39.7 Å². The van der Waals surface area contributed by atoms with E-state index in [4.69, 9.17) is 14.5 Å².